The second-order valence-corrected chi connectivity index (χ2v) is 5.14. The van der Waals surface area contributed by atoms with E-state index in [-0.39, 0.29) is 5.91 Å². The number of aromatic nitrogens is 1. The molecule has 0 radical (unpaired) electrons. The Hall–Kier alpha value is -2.56. The topological polar surface area (TPSA) is 62.5 Å². The Bertz CT molecular complexity index is 664. The van der Waals surface area contributed by atoms with Gasteiger partial charge in [0.25, 0.3) is 5.91 Å². The van der Waals surface area contributed by atoms with Crippen molar-refractivity contribution in [3.8, 4) is 5.69 Å². The predicted octanol–water partition coefficient (Wildman–Crippen LogP) is 2.17. The van der Waals surface area contributed by atoms with E-state index in [9.17, 15) is 14.7 Å². The number of hydrogen-bond acceptors (Lipinski definition) is 2. The van der Waals surface area contributed by atoms with Gasteiger partial charge in [-0.25, -0.2) is 4.79 Å². The van der Waals surface area contributed by atoms with Crippen LogP contribution in [0.4, 0.5) is 0 Å². The van der Waals surface area contributed by atoms with Crippen LogP contribution in [0, 0.1) is 0 Å². The molecule has 5 nitrogen and oxygen atoms in total. The Balaban J connectivity index is 1.88. The largest absolute Gasteiger partial charge is 0.480 e. The summed E-state index contributed by atoms with van der Waals surface area (Å²) in [6, 6.07) is 10.4. The molecular weight excluding hydrogens is 268 g/mol. The molecule has 1 N–H and O–H groups in total. The Morgan fingerprint density at radius 2 is 1.90 bits per heavy atom. The summed E-state index contributed by atoms with van der Waals surface area (Å²) in [5, 5.41) is 9.19. The smallest absolute Gasteiger partial charge is 0.326 e. The summed E-state index contributed by atoms with van der Waals surface area (Å²) in [7, 11) is 0. The number of benzene rings is 1. The van der Waals surface area contributed by atoms with Gasteiger partial charge in [-0.05, 0) is 43.2 Å². The maximum Gasteiger partial charge on any atom is 0.326 e. The van der Waals surface area contributed by atoms with Crippen molar-refractivity contribution in [3.05, 3.63) is 54.4 Å². The van der Waals surface area contributed by atoms with E-state index in [2.05, 4.69) is 0 Å². The molecule has 21 heavy (non-hydrogen) atoms. The van der Waals surface area contributed by atoms with Crippen LogP contribution in [0.3, 0.4) is 0 Å². The molecule has 1 aromatic heterocycles. The molecule has 5 heteroatoms. The van der Waals surface area contributed by atoms with E-state index in [4.69, 9.17) is 0 Å². The monoisotopic (exact) mass is 284 g/mol. The summed E-state index contributed by atoms with van der Waals surface area (Å²) in [5.41, 5.74) is 1.41. The highest BCUT2D eigenvalue weighted by atomic mass is 16.4. The molecule has 0 aliphatic carbocycles. The van der Waals surface area contributed by atoms with Gasteiger partial charge in [0.1, 0.15) is 6.04 Å². The number of carboxylic acids is 1. The van der Waals surface area contributed by atoms with Crippen LogP contribution in [0.5, 0.6) is 0 Å². The first-order valence-electron chi connectivity index (χ1n) is 6.94. The van der Waals surface area contributed by atoms with Crippen molar-refractivity contribution in [2.75, 3.05) is 6.54 Å². The third-order valence-electron chi connectivity index (χ3n) is 3.79. The number of amides is 1. The summed E-state index contributed by atoms with van der Waals surface area (Å²) in [4.78, 5) is 25.2. The molecule has 0 bridgehead atoms. The SMILES string of the molecule is O=C(O)C1CCCN1C(=O)c1cccc(-n2cccc2)c1. The van der Waals surface area contributed by atoms with Crippen molar-refractivity contribution in [1.29, 1.82) is 0 Å². The number of rotatable bonds is 3. The summed E-state index contributed by atoms with van der Waals surface area (Å²) < 4.78 is 1.91. The van der Waals surface area contributed by atoms with Gasteiger partial charge < -0.3 is 14.6 Å². The van der Waals surface area contributed by atoms with Crippen molar-refractivity contribution in [2.45, 2.75) is 18.9 Å². The molecule has 1 atom stereocenters. The summed E-state index contributed by atoms with van der Waals surface area (Å²) in [5.74, 6) is -1.14. The molecule has 1 saturated heterocycles. The van der Waals surface area contributed by atoms with Gasteiger partial charge in [-0.15, -0.1) is 0 Å². The van der Waals surface area contributed by atoms with Crippen LogP contribution >= 0.6 is 0 Å². The van der Waals surface area contributed by atoms with Crippen LogP contribution in [-0.2, 0) is 4.79 Å². The van der Waals surface area contributed by atoms with E-state index in [1.165, 1.54) is 4.90 Å². The predicted molar refractivity (Wildman–Crippen MR) is 77.5 cm³/mol. The molecule has 3 rings (SSSR count). The molecule has 1 aliphatic heterocycles. The maximum absolute atomic E-state index is 12.5. The second-order valence-electron chi connectivity index (χ2n) is 5.14. The summed E-state index contributed by atoms with van der Waals surface area (Å²) in [6.45, 7) is 0.504. The van der Waals surface area contributed by atoms with Crippen molar-refractivity contribution < 1.29 is 14.7 Å². The standard InChI is InChI=1S/C16H16N2O3/c19-15(18-10-4-7-14(18)16(20)21)12-5-3-6-13(11-12)17-8-1-2-9-17/h1-3,5-6,8-9,11,14H,4,7,10H2,(H,20,21). The first-order chi connectivity index (χ1) is 10.2. The Morgan fingerprint density at radius 1 is 1.14 bits per heavy atom. The quantitative estimate of drug-likeness (QED) is 0.939. The lowest BCUT2D eigenvalue weighted by atomic mass is 10.1. The third-order valence-corrected chi connectivity index (χ3v) is 3.79. The Kier molecular flexibility index (Phi) is 3.48. The molecule has 1 aromatic carbocycles. The van der Waals surface area contributed by atoms with Crippen molar-refractivity contribution in [3.63, 3.8) is 0 Å². The van der Waals surface area contributed by atoms with Crippen molar-refractivity contribution >= 4 is 11.9 Å². The van der Waals surface area contributed by atoms with E-state index in [1.54, 1.807) is 12.1 Å². The van der Waals surface area contributed by atoms with Crippen LogP contribution in [0.2, 0.25) is 0 Å². The lowest BCUT2D eigenvalue weighted by Gasteiger charge is -2.21. The molecule has 1 amide bonds. The number of aliphatic carboxylic acids is 1. The lowest BCUT2D eigenvalue weighted by molar-refractivity contribution is -0.141. The molecule has 0 spiro atoms. The van der Waals surface area contributed by atoms with Crippen LogP contribution < -0.4 is 0 Å². The first kappa shape index (κ1) is 13.4. The first-order valence-corrected chi connectivity index (χ1v) is 6.94. The zero-order valence-corrected chi connectivity index (χ0v) is 11.5. The Labute approximate surface area is 122 Å². The Morgan fingerprint density at radius 3 is 2.62 bits per heavy atom. The molecule has 1 unspecified atom stereocenters. The van der Waals surface area contributed by atoms with E-state index < -0.39 is 12.0 Å². The normalized spacial score (nSPS) is 17.9. The van der Waals surface area contributed by atoms with Gasteiger partial charge in [0, 0.05) is 30.2 Å². The molecular formula is C16H16N2O3. The average Bonchev–Trinajstić information content (AvgIpc) is 3.17. The fraction of sp³-hybridized carbons (Fsp3) is 0.250. The molecule has 0 saturated carbocycles. The summed E-state index contributed by atoms with van der Waals surface area (Å²) >= 11 is 0. The number of nitrogens with zero attached hydrogens (tertiary/aromatic N) is 2. The average molecular weight is 284 g/mol. The van der Waals surface area contributed by atoms with Crippen molar-refractivity contribution in [2.24, 2.45) is 0 Å². The molecule has 1 aliphatic rings. The fourth-order valence-corrected chi connectivity index (χ4v) is 2.74. The van der Waals surface area contributed by atoms with Crippen LogP contribution in [0.1, 0.15) is 23.2 Å². The van der Waals surface area contributed by atoms with E-state index in [1.807, 2.05) is 41.2 Å². The second kappa shape index (κ2) is 5.44. The number of carbonyl (C=O) groups is 2. The zero-order valence-electron chi connectivity index (χ0n) is 11.5. The van der Waals surface area contributed by atoms with Crippen LogP contribution in [0.15, 0.2) is 48.8 Å². The van der Waals surface area contributed by atoms with Gasteiger partial charge in [-0.2, -0.15) is 0 Å². The summed E-state index contributed by atoms with van der Waals surface area (Å²) in [6.07, 6.45) is 5.07. The molecule has 2 aromatic rings. The van der Waals surface area contributed by atoms with Crippen LogP contribution in [0.25, 0.3) is 5.69 Å². The zero-order chi connectivity index (χ0) is 14.8. The molecule has 2 heterocycles. The number of carbonyl (C=O) groups excluding carboxylic acids is 1. The lowest BCUT2D eigenvalue weighted by Crippen LogP contribution is -2.40. The van der Waals surface area contributed by atoms with E-state index in [0.29, 0.717) is 18.5 Å². The van der Waals surface area contributed by atoms with Crippen LogP contribution in [-0.4, -0.2) is 39.0 Å². The van der Waals surface area contributed by atoms with Gasteiger partial charge in [0.05, 0.1) is 0 Å². The number of likely N-dealkylation sites (tertiary alicyclic amines) is 1. The fourth-order valence-electron chi connectivity index (χ4n) is 2.74. The highest BCUT2D eigenvalue weighted by Gasteiger charge is 2.34. The minimum absolute atomic E-state index is 0.214. The molecule has 108 valence electrons. The van der Waals surface area contributed by atoms with Crippen molar-refractivity contribution in [1.82, 2.24) is 9.47 Å². The minimum atomic E-state index is -0.928. The molecule has 1 fully saturated rings. The van der Waals surface area contributed by atoms with Gasteiger partial charge in [-0.1, -0.05) is 6.07 Å². The highest BCUT2D eigenvalue weighted by Crippen LogP contribution is 2.21. The minimum Gasteiger partial charge on any atom is -0.480 e. The highest BCUT2D eigenvalue weighted by molar-refractivity contribution is 5.97. The van der Waals surface area contributed by atoms with Gasteiger partial charge in [0.15, 0.2) is 0 Å². The van der Waals surface area contributed by atoms with Gasteiger partial charge >= 0.3 is 5.97 Å². The van der Waals surface area contributed by atoms with E-state index in [0.717, 1.165) is 12.1 Å². The maximum atomic E-state index is 12.5. The van der Waals surface area contributed by atoms with E-state index >= 15 is 0 Å². The van der Waals surface area contributed by atoms with Gasteiger partial charge in [0.2, 0.25) is 0 Å². The van der Waals surface area contributed by atoms with Gasteiger partial charge in [-0.3, -0.25) is 4.79 Å². The number of carboxylic acid groups (broad SMARTS) is 1. The number of hydrogen-bond donors (Lipinski definition) is 1. The third kappa shape index (κ3) is 2.54.